The summed E-state index contributed by atoms with van der Waals surface area (Å²) in [5.41, 5.74) is 3.31. The molecule has 0 aliphatic rings. The van der Waals surface area contributed by atoms with E-state index < -0.39 is 0 Å². The quantitative estimate of drug-likeness (QED) is 0.624. The van der Waals surface area contributed by atoms with Crippen molar-refractivity contribution < 1.29 is 9.53 Å². The molecule has 0 aliphatic heterocycles. The van der Waals surface area contributed by atoms with Crippen molar-refractivity contribution in [3.63, 3.8) is 0 Å². The molecular weight excluding hydrogens is 356 g/mol. The fourth-order valence-electron chi connectivity index (χ4n) is 2.63. The molecule has 27 heavy (non-hydrogen) atoms. The Kier molecular flexibility index (Phi) is 6.60. The Morgan fingerprint density at radius 1 is 1.15 bits per heavy atom. The number of hydrogen-bond donors (Lipinski definition) is 1. The van der Waals surface area contributed by atoms with Crippen molar-refractivity contribution in [2.75, 3.05) is 6.61 Å². The Hall–Kier alpha value is -2.66. The summed E-state index contributed by atoms with van der Waals surface area (Å²) >= 11 is 1.62. The average Bonchev–Trinajstić information content (AvgIpc) is 3.13. The minimum absolute atomic E-state index is 0.00254. The molecule has 0 saturated carbocycles. The Morgan fingerprint density at radius 3 is 2.74 bits per heavy atom. The molecule has 1 amide bonds. The average molecular weight is 381 g/mol. The van der Waals surface area contributed by atoms with E-state index in [0.29, 0.717) is 12.5 Å². The van der Waals surface area contributed by atoms with Crippen LogP contribution in [0.15, 0.2) is 60.0 Å². The third kappa shape index (κ3) is 5.93. The van der Waals surface area contributed by atoms with E-state index in [1.54, 1.807) is 11.3 Å². The summed E-state index contributed by atoms with van der Waals surface area (Å²) in [5, 5.41) is 5.90. The fourth-order valence-corrected chi connectivity index (χ4v) is 3.46. The molecule has 5 heteroatoms. The molecular formula is C22H24N2O2S. The number of amides is 1. The van der Waals surface area contributed by atoms with Crippen LogP contribution < -0.4 is 10.1 Å². The number of benzene rings is 2. The van der Waals surface area contributed by atoms with Crippen LogP contribution in [-0.4, -0.2) is 17.5 Å². The second-order valence-corrected chi connectivity index (χ2v) is 7.63. The molecule has 0 unspecified atom stereocenters. The van der Waals surface area contributed by atoms with Gasteiger partial charge in [-0.05, 0) is 29.2 Å². The SMILES string of the molecule is CC(C)c1cccc(OCC(=O)NCc2csc(Cc3ccccc3)n2)c1. The predicted molar refractivity (Wildman–Crippen MR) is 109 cm³/mol. The van der Waals surface area contributed by atoms with Gasteiger partial charge in [0.25, 0.3) is 5.91 Å². The third-order valence-corrected chi connectivity index (χ3v) is 5.06. The maximum atomic E-state index is 12.0. The monoisotopic (exact) mass is 380 g/mol. The second kappa shape index (κ2) is 9.33. The zero-order valence-corrected chi connectivity index (χ0v) is 16.5. The number of rotatable bonds is 8. The van der Waals surface area contributed by atoms with E-state index in [0.717, 1.165) is 22.9 Å². The molecule has 0 fully saturated rings. The largest absolute Gasteiger partial charge is 0.484 e. The summed E-state index contributed by atoms with van der Waals surface area (Å²) in [7, 11) is 0. The van der Waals surface area contributed by atoms with E-state index in [1.807, 2.05) is 41.8 Å². The number of thiazole rings is 1. The second-order valence-electron chi connectivity index (χ2n) is 6.69. The lowest BCUT2D eigenvalue weighted by Crippen LogP contribution is -2.28. The highest BCUT2D eigenvalue weighted by Crippen LogP contribution is 2.20. The maximum absolute atomic E-state index is 12.0. The number of carbonyl (C=O) groups excluding carboxylic acids is 1. The summed E-state index contributed by atoms with van der Waals surface area (Å²) in [6, 6.07) is 18.1. The van der Waals surface area contributed by atoms with Crippen molar-refractivity contribution >= 4 is 17.2 Å². The molecule has 0 aliphatic carbocycles. The lowest BCUT2D eigenvalue weighted by Gasteiger charge is -2.10. The van der Waals surface area contributed by atoms with Gasteiger partial charge in [-0.3, -0.25) is 4.79 Å². The molecule has 140 valence electrons. The van der Waals surface area contributed by atoms with Crippen LogP contribution in [0.5, 0.6) is 5.75 Å². The highest BCUT2D eigenvalue weighted by Gasteiger charge is 2.07. The van der Waals surface area contributed by atoms with E-state index in [1.165, 1.54) is 11.1 Å². The Bertz CT molecular complexity index is 875. The minimum atomic E-state index is -0.150. The molecule has 3 rings (SSSR count). The number of hydrogen-bond acceptors (Lipinski definition) is 4. The highest BCUT2D eigenvalue weighted by atomic mass is 32.1. The van der Waals surface area contributed by atoms with Crippen LogP contribution in [0.4, 0.5) is 0 Å². The van der Waals surface area contributed by atoms with Gasteiger partial charge >= 0.3 is 0 Å². The summed E-state index contributed by atoms with van der Waals surface area (Å²) in [6.07, 6.45) is 0.814. The van der Waals surface area contributed by atoms with E-state index in [9.17, 15) is 4.79 Å². The first-order valence-corrected chi connectivity index (χ1v) is 9.95. The van der Waals surface area contributed by atoms with Gasteiger partial charge in [-0.2, -0.15) is 0 Å². The molecule has 0 saturated heterocycles. The molecule has 0 bridgehead atoms. The van der Waals surface area contributed by atoms with Crippen LogP contribution >= 0.6 is 11.3 Å². The number of nitrogens with one attached hydrogen (secondary N) is 1. The maximum Gasteiger partial charge on any atom is 0.258 e. The van der Waals surface area contributed by atoms with Gasteiger partial charge in [-0.1, -0.05) is 56.3 Å². The van der Waals surface area contributed by atoms with Crippen molar-refractivity contribution in [3.8, 4) is 5.75 Å². The van der Waals surface area contributed by atoms with E-state index in [2.05, 4.69) is 42.3 Å². The van der Waals surface area contributed by atoms with E-state index in [4.69, 9.17) is 4.74 Å². The first-order valence-electron chi connectivity index (χ1n) is 9.07. The first-order chi connectivity index (χ1) is 13.1. The Labute approximate surface area is 164 Å². The summed E-state index contributed by atoms with van der Waals surface area (Å²) in [6.45, 7) is 4.68. The van der Waals surface area contributed by atoms with Gasteiger partial charge in [0.15, 0.2) is 6.61 Å². The molecule has 1 aromatic heterocycles. The van der Waals surface area contributed by atoms with Crippen molar-refractivity contribution in [3.05, 3.63) is 81.8 Å². The molecule has 0 radical (unpaired) electrons. The normalized spacial score (nSPS) is 10.8. The number of carbonyl (C=O) groups is 1. The van der Waals surface area contributed by atoms with Gasteiger partial charge in [0.1, 0.15) is 5.75 Å². The molecule has 4 nitrogen and oxygen atoms in total. The van der Waals surface area contributed by atoms with Crippen LogP contribution in [0.2, 0.25) is 0 Å². The van der Waals surface area contributed by atoms with Gasteiger partial charge in [0.05, 0.1) is 17.2 Å². The first kappa shape index (κ1) is 19.1. The van der Waals surface area contributed by atoms with Gasteiger partial charge < -0.3 is 10.1 Å². The van der Waals surface area contributed by atoms with Crippen LogP contribution in [0.3, 0.4) is 0 Å². The zero-order chi connectivity index (χ0) is 19.1. The fraction of sp³-hybridized carbons (Fsp3) is 0.273. The standard InChI is InChI=1S/C22H24N2O2S/c1-16(2)18-9-6-10-20(12-18)26-14-21(25)23-13-19-15-27-22(24-19)11-17-7-4-3-5-8-17/h3-10,12,15-16H,11,13-14H2,1-2H3,(H,23,25). The zero-order valence-electron chi connectivity index (χ0n) is 15.6. The highest BCUT2D eigenvalue weighted by molar-refractivity contribution is 7.09. The van der Waals surface area contributed by atoms with Crippen LogP contribution in [-0.2, 0) is 17.8 Å². The van der Waals surface area contributed by atoms with Crippen molar-refractivity contribution in [2.45, 2.75) is 32.7 Å². The predicted octanol–water partition coefficient (Wildman–Crippen LogP) is 4.55. The summed E-state index contributed by atoms with van der Waals surface area (Å²) in [5.74, 6) is 0.995. The third-order valence-electron chi connectivity index (χ3n) is 4.16. The number of ether oxygens (including phenoxy) is 1. The van der Waals surface area contributed by atoms with Gasteiger partial charge in [0.2, 0.25) is 0 Å². The summed E-state index contributed by atoms with van der Waals surface area (Å²) < 4.78 is 5.60. The topological polar surface area (TPSA) is 51.2 Å². The molecule has 2 aromatic carbocycles. The van der Waals surface area contributed by atoms with Gasteiger partial charge in [0, 0.05) is 11.8 Å². The van der Waals surface area contributed by atoms with Crippen LogP contribution in [0.1, 0.15) is 41.6 Å². The minimum Gasteiger partial charge on any atom is -0.484 e. The van der Waals surface area contributed by atoms with Crippen molar-refractivity contribution in [1.29, 1.82) is 0 Å². The van der Waals surface area contributed by atoms with Gasteiger partial charge in [-0.15, -0.1) is 11.3 Å². The van der Waals surface area contributed by atoms with Crippen molar-refractivity contribution in [2.24, 2.45) is 0 Å². The molecule has 0 spiro atoms. The molecule has 0 atom stereocenters. The molecule has 3 aromatic rings. The van der Waals surface area contributed by atoms with Gasteiger partial charge in [-0.25, -0.2) is 4.98 Å². The Morgan fingerprint density at radius 2 is 1.96 bits per heavy atom. The molecule has 1 N–H and O–H groups in total. The number of aromatic nitrogens is 1. The lowest BCUT2D eigenvalue weighted by molar-refractivity contribution is -0.123. The lowest BCUT2D eigenvalue weighted by atomic mass is 10.0. The molecule has 1 heterocycles. The smallest absolute Gasteiger partial charge is 0.258 e. The number of nitrogens with zero attached hydrogens (tertiary/aromatic N) is 1. The Balaban J connectivity index is 1.45. The van der Waals surface area contributed by atoms with Crippen LogP contribution in [0, 0.1) is 0 Å². The summed E-state index contributed by atoms with van der Waals surface area (Å²) in [4.78, 5) is 16.6. The van der Waals surface area contributed by atoms with Crippen molar-refractivity contribution in [1.82, 2.24) is 10.3 Å². The van der Waals surface area contributed by atoms with E-state index in [-0.39, 0.29) is 12.5 Å². The van der Waals surface area contributed by atoms with Crippen LogP contribution in [0.25, 0.3) is 0 Å². The van der Waals surface area contributed by atoms with E-state index >= 15 is 0 Å².